The number of rotatable bonds is 7. The van der Waals surface area contributed by atoms with E-state index in [1.807, 2.05) is 31.2 Å². The van der Waals surface area contributed by atoms with Gasteiger partial charge in [0.15, 0.2) is 17.3 Å². The Bertz CT molecular complexity index is 1060. The lowest BCUT2D eigenvalue weighted by Gasteiger charge is -2.15. The SMILES string of the molecule is CCC(C)Oc1ccc(/C=N\NC(=O)c2cc3cc(Br)cc(Br)c3o2)cc1OC. The fourth-order valence-corrected chi connectivity index (χ4v) is 3.91. The van der Waals surface area contributed by atoms with Crippen molar-refractivity contribution in [3.05, 3.63) is 56.7 Å². The van der Waals surface area contributed by atoms with Crippen LogP contribution in [-0.2, 0) is 0 Å². The first-order valence-corrected chi connectivity index (χ1v) is 10.6. The Balaban J connectivity index is 1.70. The van der Waals surface area contributed by atoms with Crippen LogP contribution in [0.4, 0.5) is 0 Å². The minimum atomic E-state index is -0.441. The molecule has 0 aliphatic carbocycles. The molecule has 0 saturated carbocycles. The first kappa shape index (κ1) is 21.4. The van der Waals surface area contributed by atoms with Gasteiger partial charge in [-0.3, -0.25) is 4.79 Å². The highest BCUT2D eigenvalue weighted by Gasteiger charge is 2.14. The second kappa shape index (κ2) is 9.45. The van der Waals surface area contributed by atoms with Gasteiger partial charge in [-0.1, -0.05) is 22.9 Å². The number of ether oxygens (including phenoxy) is 2. The Morgan fingerprint density at radius 2 is 2.03 bits per heavy atom. The number of amides is 1. The predicted molar refractivity (Wildman–Crippen MR) is 120 cm³/mol. The lowest BCUT2D eigenvalue weighted by Crippen LogP contribution is -2.16. The van der Waals surface area contributed by atoms with Gasteiger partial charge in [0.05, 0.1) is 23.9 Å². The van der Waals surface area contributed by atoms with E-state index in [4.69, 9.17) is 13.9 Å². The number of halogens is 2. The third-order valence-corrected chi connectivity index (χ3v) is 5.28. The number of hydrogen-bond acceptors (Lipinski definition) is 5. The summed E-state index contributed by atoms with van der Waals surface area (Å²) in [5.74, 6) is 1.00. The maximum absolute atomic E-state index is 12.3. The largest absolute Gasteiger partial charge is 0.493 e. The second-order valence-corrected chi connectivity index (χ2v) is 8.13. The smallest absolute Gasteiger partial charge is 0.307 e. The van der Waals surface area contributed by atoms with E-state index in [0.717, 1.165) is 26.3 Å². The van der Waals surface area contributed by atoms with E-state index in [1.54, 1.807) is 19.2 Å². The highest BCUT2D eigenvalue weighted by Crippen LogP contribution is 2.31. The minimum Gasteiger partial charge on any atom is -0.493 e. The zero-order chi connectivity index (χ0) is 21.0. The van der Waals surface area contributed by atoms with Crippen molar-refractivity contribution in [1.29, 1.82) is 0 Å². The van der Waals surface area contributed by atoms with Crippen molar-refractivity contribution in [3.8, 4) is 11.5 Å². The normalized spacial score (nSPS) is 12.3. The third-order valence-electron chi connectivity index (χ3n) is 4.23. The number of carbonyl (C=O) groups is 1. The number of furan rings is 1. The van der Waals surface area contributed by atoms with E-state index in [0.29, 0.717) is 17.1 Å². The molecule has 0 spiro atoms. The molecule has 0 radical (unpaired) electrons. The van der Waals surface area contributed by atoms with Gasteiger partial charge in [-0.2, -0.15) is 5.10 Å². The lowest BCUT2D eigenvalue weighted by atomic mass is 10.2. The molecular weight excluding hydrogens is 504 g/mol. The van der Waals surface area contributed by atoms with Gasteiger partial charge in [-0.15, -0.1) is 0 Å². The highest BCUT2D eigenvalue weighted by molar-refractivity contribution is 9.11. The molecule has 3 rings (SSSR count). The van der Waals surface area contributed by atoms with Crippen LogP contribution >= 0.6 is 31.9 Å². The van der Waals surface area contributed by atoms with Gasteiger partial charge >= 0.3 is 5.91 Å². The van der Waals surface area contributed by atoms with Crippen LogP contribution in [0.2, 0.25) is 0 Å². The molecule has 0 saturated heterocycles. The fraction of sp³-hybridized carbons (Fsp3) is 0.238. The van der Waals surface area contributed by atoms with Gasteiger partial charge in [-0.05, 0) is 71.2 Å². The first-order chi connectivity index (χ1) is 13.9. The molecule has 1 unspecified atom stereocenters. The zero-order valence-electron chi connectivity index (χ0n) is 16.2. The number of nitrogens with one attached hydrogen (secondary N) is 1. The third kappa shape index (κ3) is 5.19. The van der Waals surface area contributed by atoms with E-state index >= 15 is 0 Å². The van der Waals surface area contributed by atoms with E-state index in [2.05, 4.69) is 49.3 Å². The van der Waals surface area contributed by atoms with Crippen molar-refractivity contribution in [3.63, 3.8) is 0 Å². The predicted octanol–water partition coefficient (Wildman–Crippen LogP) is 5.91. The summed E-state index contributed by atoms with van der Waals surface area (Å²) in [4.78, 5) is 12.3. The zero-order valence-corrected chi connectivity index (χ0v) is 19.3. The van der Waals surface area contributed by atoms with Crippen molar-refractivity contribution < 1.29 is 18.7 Å². The Hall–Kier alpha value is -2.32. The van der Waals surface area contributed by atoms with E-state index in [9.17, 15) is 4.79 Å². The van der Waals surface area contributed by atoms with Crippen LogP contribution in [-0.4, -0.2) is 25.3 Å². The van der Waals surface area contributed by atoms with Crippen molar-refractivity contribution >= 4 is 55.0 Å². The van der Waals surface area contributed by atoms with Gasteiger partial charge in [0.2, 0.25) is 0 Å². The average Bonchev–Trinajstić information content (AvgIpc) is 3.13. The average molecular weight is 524 g/mol. The molecule has 0 aliphatic rings. The summed E-state index contributed by atoms with van der Waals surface area (Å²) in [5.41, 5.74) is 3.83. The Labute approximate surface area is 185 Å². The molecular formula is C21H20Br2N2O4. The second-order valence-electron chi connectivity index (χ2n) is 6.36. The standard InChI is InChI=1S/C21H20Br2N2O4/c1-4-12(2)28-17-6-5-13(7-18(17)27-3)11-24-25-21(26)19-9-14-8-15(22)10-16(23)20(14)29-19/h5-12H,4H2,1-3H3,(H,25,26)/b24-11-. The van der Waals surface area contributed by atoms with Crippen molar-refractivity contribution in [2.45, 2.75) is 26.4 Å². The van der Waals surface area contributed by atoms with Gasteiger partial charge in [0.25, 0.3) is 0 Å². The van der Waals surface area contributed by atoms with Crippen LogP contribution in [0.5, 0.6) is 11.5 Å². The quantitative estimate of drug-likeness (QED) is 0.308. The highest BCUT2D eigenvalue weighted by atomic mass is 79.9. The molecule has 1 atom stereocenters. The Morgan fingerprint density at radius 1 is 1.24 bits per heavy atom. The molecule has 6 nitrogen and oxygen atoms in total. The maximum Gasteiger partial charge on any atom is 0.307 e. The molecule has 2 aromatic carbocycles. The van der Waals surface area contributed by atoms with Crippen LogP contribution in [0.1, 0.15) is 36.4 Å². The summed E-state index contributed by atoms with van der Waals surface area (Å²) in [6.07, 6.45) is 2.52. The summed E-state index contributed by atoms with van der Waals surface area (Å²) in [6, 6.07) is 10.9. The molecule has 1 amide bonds. The Morgan fingerprint density at radius 3 is 2.76 bits per heavy atom. The van der Waals surface area contributed by atoms with Crippen LogP contribution in [0.25, 0.3) is 11.0 Å². The maximum atomic E-state index is 12.3. The molecule has 0 fully saturated rings. The summed E-state index contributed by atoms with van der Waals surface area (Å²) in [7, 11) is 1.58. The minimum absolute atomic E-state index is 0.0900. The van der Waals surface area contributed by atoms with Crippen LogP contribution < -0.4 is 14.9 Å². The van der Waals surface area contributed by atoms with Crippen molar-refractivity contribution in [1.82, 2.24) is 5.43 Å². The van der Waals surface area contributed by atoms with Gasteiger partial charge in [0, 0.05) is 9.86 Å². The molecule has 3 aromatic rings. The van der Waals surface area contributed by atoms with Gasteiger partial charge in [-0.25, -0.2) is 5.43 Å². The fourth-order valence-electron chi connectivity index (χ4n) is 2.57. The molecule has 8 heteroatoms. The summed E-state index contributed by atoms with van der Waals surface area (Å²) in [5, 5.41) is 4.82. The van der Waals surface area contributed by atoms with Gasteiger partial charge < -0.3 is 13.9 Å². The Kier molecular flexibility index (Phi) is 6.97. The van der Waals surface area contributed by atoms with Crippen LogP contribution in [0, 0.1) is 0 Å². The molecule has 1 N–H and O–H groups in total. The summed E-state index contributed by atoms with van der Waals surface area (Å²) in [6.45, 7) is 4.06. The van der Waals surface area contributed by atoms with Crippen LogP contribution in [0.3, 0.4) is 0 Å². The molecule has 0 bridgehead atoms. The molecule has 152 valence electrons. The van der Waals surface area contributed by atoms with Crippen LogP contribution in [0.15, 0.2) is 54.9 Å². The number of nitrogens with zero attached hydrogens (tertiary/aromatic N) is 1. The van der Waals surface area contributed by atoms with E-state index in [1.165, 1.54) is 6.21 Å². The number of hydrogen-bond donors (Lipinski definition) is 1. The lowest BCUT2D eigenvalue weighted by molar-refractivity contribution is 0.0929. The number of benzene rings is 2. The number of hydrazone groups is 1. The van der Waals surface area contributed by atoms with Crippen molar-refractivity contribution in [2.24, 2.45) is 5.10 Å². The monoisotopic (exact) mass is 522 g/mol. The molecule has 29 heavy (non-hydrogen) atoms. The number of methoxy groups -OCH3 is 1. The van der Waals surface area contributed by atoms with Gasteiger partial charge in [0.1, 0.15) is 5.58 Å². The number of fused-ring (bicyclic) bond motifs is 1. The number of carbonyl (C=O) groups excluding carboxylic acids is 1. The molecule has 0 aliphatic heterocycles. The van der Waals surface area contributed by atoms with E-state index in [-0.39, 0.29) is 11.9 Å². The summed E-state index contributed by atoms with van der Waals surface area (Å²) < 4.78 is 18.5. The summed E-state index contributed by atoms with van der Waals surface area (Å²) >= 11 is 6.84. The molecule has 1 aromatic heterocycles. The topological polar surface area (TPSA) is 73.1 Å². The van der Waals surface area contributed by atoms with Crippen molar-refractivity contribution in [2.75, 3.05) is 7.11 Å². The first-order valence-electron chi connectivity index (χ1n) is 8.98. The molecule has 1 heterocycles. The van der Waals surface area contributed by atoms with E-state index < -0.39 is 5.91 Å².